The van der Waals surface area contributed by atoms with Gasteiger partial charge in [0.05, 0.1) is 6.10 Å². The van der Waals surface area contributed by atoms with Gasteiger partial charge in [-0.05, 0) is 29.7 Å². The Kier molecular flexibility index (Phi) is 3.80. The number of nitrogens with two attached hydrogens (primary N) is 1. The van der Waals surface area contributed by atoms with Crippen LogP contribution in [0.25, 0.3) is 0 Å². The minimum atomic E-state index is -0.221. The van der Waals surface area contributed by atoms with E-state index in [9.17, 15) is 5.11 Å². The molecule has 0 saturated heterocycles. The SMILES string of the molecule is C[C@@H]1c2cc(N)ccc2CC1O.[Ac]. The van der Waals surface area contributed by atoms with Crippen LogP contribution in [-0.4, -0.2) is 11.2 Å². The average molecular weight is 390 g/mol. The van der Waals surface area contributed by atoms with Crippen molar-refractivity contribution < 1.29 is 49.2 Å². The maximum atomic E-state index is 9.57. The minimum Gasteiger partial charge on any atom is -0.399 e. The fourth-order valence-corrected chi connectivity index (χ4v) is 1.83. The zero-order chi connectivity index (χ0) is 8.72. The first-order valence-corrected chi connectivity index (χ1v) is 4.25. The first-order chi connectivity index (χ1) is 5.68. The molecule has 1 aromatic carbocycles. The molecule has 2 nitrogen and oxygen atoms in total. The topological polar surface area (TPSA) is 46.2 Å². The Morgan fingerprint density at radius 2 is 2.15 bits per heavy atom. The van der Waals surface area contributed by atoms with Gasteiger partial charge in [0.2, 0.25) is 0 Å². The molecule has 1 unspecified atom stereocenters. The van der Waals surface area contributed by atoms with Crippen LogP contribution in [-0.2, 0) is 6.42 Å². The number of aliphatic hydroxyl groups excluding tert-OH is 1. The van der Waals surface area contributed by atoms with Crippen LogP contribution >= 0.6 is 0 Å². The molecule has 1 radical (unpaired) electrons. The van der Waals surface area contributed by atoms with Crippen molar-refractivity contribution in [2.24, 2.45) is 0 Å². The van der Waals surface area contributed by atoms with E-state index >= 15 is 0 Å². The Bertz CT molecular complexity index is 314. The maximum absolute atomic E-state index is 9.57. The van der Waals surface area contributed by atoms with Crippen molar-refractivity contribution in [2.75, 3.05) is 5.73 Å². The molecule has 0 amide bonds. The second-order valence-electron chi connectivity index (χ2n) is 3.52. The van der Waals surface area contributed by atoms with Crippen molar-refractivity contribution in [3.8, 4) is 0 Å². The van der Waals surface area contributed by atoms with Crippen LogP contribution in [0.2, 0.25) is 0 Å². The third-order valence-corrected chi connectivity index (χ3v) is 2.67. The van der Waals surface area contributed by atoms with Gasteiger partial charge in [-0.3, -0.25) is 0 Å². The van der Waals surface area contributed by atoms with E-state index in [1.54, 1.807) is 0 Å². The van der Waals surface area contributed by atoms with E-state index in [2.05, 4.69) is 0 Å². The second kappa shape index (κ2) is 4.30. The molecule has 3 heteroatoms. The Labute approximate surface area is 114 Å². The summed E-state index contributed by atoms with van der Waals surface area (Å²) in [5.74, 6) is 0.239. The molecule has 2 atom stereocenters. The van der Waals surface area contributed by atoms with Crippen LogP contribution in [0.3, 0.4) is 0 Å². The molecule has 13 heavy (non-hydrogen) atoms. The van der Waals surface area contributed by atoms with Crippen molar-refractivity contribution in [2.45, 2.75) is 25.4 Å². The molecule has 0 saturated carbocycles. The number of rotatable bonds is 0. The number of anilines is 1. The standard InChI is InChI=1S/C10H13NO.Ac/c1-6-9-5-8(11)3-2-7(9)4-10(6)12;/h2-3,5-6,10,12H,4,11H2,1H3;/t6-,10?;/m1./s1. The van der Waals surface area contributed by atoms with E-state index in [0.29, 0.717) is 0 Å². The van der Waals surface area contributed by atoms with Gasteiger partial charge in [0.15, 0.2) is 0 Å². The number of hydrogen-bond acceptors (Lipinski definition) is 2. The molecular formula is C10H13AcNO. The molecule has 0 fully saturated rings. The molecule has 0 spiro atoms. The van der Waals surface area contributed by atoms with E-state index in [1.165, 1.54) is 11.1 Å². The zero-order valence-electron chi connectivity index (χ0n) is 7.70. The molecule has 2 rings (SSSR count). The van der Waals surface area contributed by atoms with Crippen LogP contribution in [0.4, 0.5) is 5.69 Å². The Hall–Kier alpha value is 0.422. The molecule has 0 aromatic heterocycles. The summed E-state index contributed by atoms with van der Waals surface area (Å²) in [7, 11) is 0. The van der Waals surface area contributed by atoms with Gasteiger partial charge in [-0.25, -0.2) is 0 Å². The summed E-state index contributed by atoms with van der Waals surface area (Å²) >= 11 is 0. The molecule has 1 aromatic rings. The van der Waals surface area contributed by atoms with Crippen LogP contribution in [0.5, 0.6) is 0 Å². The number of fused-ring (bicyclic) bond motifs is 1. The first-order valence-electron chi connectivity index (χ1n) is 4.25. The molecule has 0 bridgehead atoms. The van der Waals surface area contributed by atoms with Gasteiger partial charge in [0, 0.05) is 55.7 Å². The van der Waals surface area contributed by atoms with Crippen molar-refractivity contribution in [1.82, 2.24) is 0 Å². The third-order valence-electron chi connectivity index (χ3n) is 2.67. The van der Waals surface area contributed by atoms with Gasteiger partial charge in [0.25, 0.3) is 0 Å². The molecular weight excluding hydrogens is 377 g/mol. The largest absolute Gasteiger partial charge is 0.399 e. The number of aliphatic hydroxyl groups is 1. The molecule has 1 aliphatic rings. The van der Waals surface area contributed by atoms with Crippen LogP contribution in [0.15, 0.2) is 18.2 Å². The Morgan fingerprint density at radius 1 is 1.46 bits per heavy atom. The first kappa shape index (κ1) is 11.5. The average Bonchev–Trinajstić information content (AvgIpc) is 2.31. The van der Waals surface area contributed by atoms with Crippen LogP contribution in [0.1, 0.15) is 24.0 Å². The van der Waals surface area contributed by atoms with E-state index in [0.717, 1.165) is 12.1 Å². The van der Waals surface area contributed by atoms with Crippen LogP contribution in [0, 0.1) is 44.1 Å². The van der Waals surface area contributed by atoms with Gasteiger partial charge < -0.3 is 10.8 Å². The smallest absolute Gasteiger partial charge is 0.0646 e. The summed E-state index contributed by atoms with van der Waals surface area (Å²) in [5.41, 5.74) is 8.89. The summed E-state index contributed by atoms with van der Waals surface area (Å²) in [6.45, 7) is 2.04. The normalized spacial score (nSPS) is 25.1. The number of hydrogen-bond donors (Lipinski definition) is 2. The summed E-state index contributed by atoms with van der Waals surface area (Å²) < 4.78 is 0. The quantitative estimate of drug-likeness (QED) is 0.656. The summed E-state index contributed by atoms with van der Waals surface area (Å²) in [6, 6.07) is 5.87. The van der Waals surface area contributed by atoms with Gasteiger partial charge in [-0.2, -0.15) is 0 Å². The molecule has 67 valence electrons. The number of nitrogen functional groups attached to an aromatic ring is 1. The zero-order valence-corrected chi connectivity index (χ0v) is 12.4. The van der Waals surface area contributed by atoms with E-state index < -0.39 is 0 Å². The molecule has 0 heterocycles. The molecule has 0 aliphatic heterocycles. The monoisotopic (exact) mass is 390 g/mol. The van der Waals surface area contributed by atoms with Crippen molar-refractivity contribution in [3.63, 3.8) is 0 Å². The predicted octanol–water partition coefficient (Wildman–Crippen LogP) is 1.29. The van der Waals surface area contributed by atoms with E-state index in [-0.39, 0.29) is 56.1 Å². The molecule has 3 N–H and O–H groups in total. The number of benzene rings is 1. The fraction of sp³-hybridized carbons (Fsp3) is 0.400. The fourth-order valence-electron chi connectivity index (χ4n) is 1.83. The van der Waals surface area contributed by atoms with Gasteiger partial charge in [-0.1, -0.05) is 13.0 Å². The molecule has 1 aliphatic carbocycles. The van der Waals surface area contributed by atoms with E-state index in [4.69, 9.17) is 5.73 Å². The van der Waals surface area contributed by atoms with Gasteiger partial charge in [-0.15, -0.1) is 0 Å². The van der Waals surface area contributed by atoms with Gasteiger partial charge in [0.1, 0.15) is 0 Å². The van der Waals surface area contributed by atoms with Crippen molar-refractivity contribution in [3.05, 3.63) is 29.3 Å². The van der Waals surface area contributed by atoms with Gasteiger partial charge >= 0.3 is 0 Å². The third kappa shape index (κ3) is 2.09. The van der Waals surface area contributed by atoms with Crippen LogP contribution < -0.4 is 5.73 Å². The van der Waals surface area contributed by atoms with E-state index in [1.807, 2.05) is 25.1 Å². The summed E-state index contributed by atoms with van der Waals surface area (Å²) in [6.07, 6.45) is 0.554. The summed E-state index contributed by atoms with van der Waals surface area (Å²) in [5, 5.41) is 9.57. The second-order valence-corrected chi connectivity index (χ2v) is 3.52. The van der Waals surface area contributed by atoms with Crippen molar-refractivity contribution >= 4 is 5.69 Å². The Morgan fingerprint density at radius 3 is 2.85 bits per heavy atom. The predicted molar refractivity (Wildman–Crippen MR) is 49.0 cm³/mol. The van der Waals surface area contributed by atoms with Crippen molar-refractivity contribution in [1.29, 1.82) is 0 Å². The Balaban J connectivity index is 0.000000845. The summed E-state index contributed by atoms with van der Waals surface area (Å²) in [4.78, 5) is 0. The minimum absolute atomic E-state index is 0. The maximum Gasteiger partial charge on any atom is 0.0646 e.